The topological polar surface area (TPSA) is 81.9 Å². The number of piperidine rings is 1. The van der Waals surface area contributed by atoms with Crippen LogP contribution in [0.2, 0.25) is 0 Å². The van der Waals surface area contributed by atoms with Crippen LogP contribution in [-0.4, -0.2) is 36.0 Å². The van der Waals surface area contributed by atoms with Gasteiger partial charge in [-0.25, -0.2) is 4.79 Å². The van der Waals surface area contributed by atoms with E-state index >= 15 is 0 Å². The molecular formula is C26H26N2O5. The van der Waals surface area contributed by atoms with Crippen LogP contribution in [-0.2, 0) is 20.7 Å². The van der Waals surface area contributed by atoms with Gasteiger partial charge in [-0.05, 0) is 48.8 Å². The van der Waals surface area contributed by atoms with Crippen LogP contribution >= 0.6 is 0 Å². The number of nitro groups is 1. The first-order valence-electron chi connectivity index (χ1n) is 11.4. The molecule has 2 aliphatic heterocycles. The first kappa shape index (κ1) is 21.2. The smallest absolute Gasteiger partial charge is 0.340 e. The van der Waals surface area contributed by atoms with E-state index in [0.717, 1.165) is 67.7 Å². The lowest BCUT2D eigenvalue weighted by atomic mass is 9.76. The number of likely N-dealkylation sites (tertiary alicyclic amines) is 1. The van der Waals surface area contributed by atoms with Crippen molar-refractivity contribution >= 4 is 17.4 Å². The summed E-state index contributed by atoms with van der Waals surface area (Å²) in [4.78, 5) is 26.1. The van der Waals surface area contributed by atoms with Gasteiger partial charge in [0.15, 0.2) is 0 Å². The van der Waals surface area contributed by atoms with Gasteiger partial charge in [0.2, 0.25) is 5.88 Å². The normalized spacial score (nSPS) is 20.0. The summed E-state index contributed by atoms with van der Waals surface area (Å²) in [5.41, 5.74) is 4.61. The molecule has 7 heteroatoms. The lowest BCUT2D eigenvalue weighted by Gasteiger charge is -2.40. The zero-order valence-electron chi connectivity index (χ0n) is 18.6. The highest BCUT2D eigenvalue weighted by Crippen LogP contribution is 2.49. The number of ether oxygens (including phenoxy) is 2. The van der Waals surface area contributed by atoms with Gasteiger partial charge in [-0.2, -0.15) is 0 Å². The number of carbonyl (C=O) groups is 1. The number of methoxy groups -OCH3 is 1. The minimum absolute atomic E-state index is 0.0221. The molecule has 1 aliphatic carbocycles. The van der Waals surface area contributed by atoms with Gasteiger partial charge in [-0.15, -0.1) is 0 Å². The number of hydrogen-bond acceptors (Lipinski definition) is 6. The summed E-state index contributed by atoms with van der Waals surface area (Å²) in [6.07, 6.45) is 4.80. The second-order valence-corrected chi connectivity index (χ2v) is 8.65. The maximum Gasteiger partial charge on any atom is 0.340 e. The van der Waals surface area contributed by atoms with E-state index in [9.17, 15) is 14.9 Å². The Kier molecular flexibility index (Phi) is 5.62. The molecule has 1 saturated heterocycles. The van der Waals surface area contributed by atoms with Crippen LogP contribution in [0.1, 0.15) is 48.3 Å². The first-order chi connectivity index (χ1) is 16.1. The first-order valence-corrected chi connectivity index (χ1v) is 11.4. The molecule has 1 fully saturated rings. The van der Waals surface area contributed by atoms with Gasteiger partial charge in [-0.3, -0.25) is 10.1 Å². The predicted octanol–water partition coefficient (Wildman–Crippen LogP) is 4.94. The number of esters is 1. The van der Waals surface area contributed by atoms with E-state index in [0.29, 0.717) is 11.5 Å². The maximum atomic E-state index is 13.2. The lowest BCUT2D eigenvalue weighted by molar-refractivity contribution is -0.384. The van der Waals surface area contributed by atoms with Crippen molar-refractivity contribution in [2.45, 2.75) is 38.0 Å². The van der Waals surface area contributed by atoms with Gasteiger partial charge in [0.25, 0.3) is 5.69 Å². The number of benzene rings is 2. The Morgan fingerprint density at radius 2 is 1.79 bits per heavy atom. The Balaban J connectivity index is 1.71. The van der Waals surface area contributed by atoms with E-state index in [1.54, 1.807) is 12.1 Å². The van der Waals surface area contributed by atoms with Gasteiger partial charge in [-0.1, -0.05) is 36.4 Å². The fraction of sp³-hybridized carbons (Fsp3) is 0.346. The predicted molar refractivity (Wildman–Crippen MR) is 123 cm³/mol. The number of carbonyl (C=O) groups excluding carboxylic acids is 1. The molecule has 0 saturated carbocycles. The SMILES string of the molecule is COC(=O)C1=C(N2CCCCC2)OC2=C(CCc3ccccc32)C1c1ccc([N+](=O)[O-])cc1. The average Bonchev–Trinajstić information content (AvgIpc) is 2.87. The molecule has 1 unspecified atom stereocenters. The minimum atomic E-state index is -0.427. The number of nitrogens with zero attached hydrogens (tertiary/aromatic N) is 2. The van der Waals surface area contributed by atoms with Crippen molar-refractivity contribution < 1.29 is 19.2 Å². The summed E-state index contributed by atoms with van der Waals surface area (Å²) in [7, 11) is 1.39. The van der Waals surface area contributed by atoms with Gasteiger partial charge in [0, 0.05) is 36.7 Å². The van der Waals surface area contributed by atoms with Crippen molar-refractivity contribution in [3.63, 3.8) is 0 Å². The molecule has 0 radical (unpaired) electrons. The quantitative estimate of drug-likeness (QED) is 0.376. The Hall–Kier alpha value is -3.61. The third kappa shape index (κ3) is 3.77. The fourth-order valence-electron chi connectivity index (χ4n) is 5.16. The Labute approximate surface area is 192 Å². The van der Waals surface area contributed by atoms with Gasteiger partial charge < -0.3 is 14.4 Å². The van der Waals surface area contributed by atoms with Gasteiger partial charge >= 0.3 is 5.97 Å². The van der Waals surface area contributed by atoms with Crippen LogP contribution in [0.5, 0.6) is 0 Å². The van der Waals surface area contributed by atoms with Crippen LogP contribution < -0.4 is 0 Å². The molecule has 7 nitrogen and oxygen atoms in total. The molecule has 2 aromatic carbocycles. The molecule has 170 valence electrons. The second kappa shape index (κ2) is 8.73. The number of allylic oxidation sites excluding steroid dienone is 1. The van der Waals surface area contributed by atoms with E-state index in [1.165, 1.54) is 24.8 Å². The van der Waals surface area contributed by atoms with Crippen LogP contribution in [0.4, 0.5) is 5.69 Å². The molecule has 3 aliphatic rings. The summed E-state index contributed by atoms with van der Waals surface area (Å²) in [6.45, 7) is 1.63. The summed E-state index contributed by atoms with van der Waals surface area (Å²) < 4.78 is 11.8. The summed E-state index contributed by atoms with van der Waals surface area (Å²) in [6, 6.07) is 14.7. The minimum Gasteiger partial charge on any atom is -0.465 e. The Bertz CT molecular complexity index is 1160. The van der Waals surface area contributed by atoms with E-state index in [4.69, 9.17) is 9.47 Å². The summed E-state index contributed by atoms with van der Waals surface area (Å²) in [5, 5.41) is 11.2. The third-order valence-corrected chi connectivity index (χ3v) is 6.77. The van der Waals surface area contributed by atoms with E-state index < -0.39 is 10.9 Å². The lowest BCUT2D eigenvalue weighted by Crippen LogP contribution is -2.36. The third-order valence-electron chi connectivity index (χ3n) is 6.77. The average molecular weight is 447 g/mol. The monoisotopic (exact) mass is 446 g/mol. The molecule has 2 aromatic rings. The highest BCUT2D eigenvalue weighted by atomic mass is 16.6. The Morgan fingerprint density at radius 3 is 2.48 bits per heavy atom. The van der Waals surface area contributed by atoms with Crippen LogP contribution in [0.25, 0.3) is 5.76 Å². The highest BCUT2D eigenvalue weighted by molar-refractivity contribution is 5.94. The number of aryl methyl sites for hydroxylation is 1. The van der Waals surface area contributed by atoms with Crippen molar-refractivity contribution in [3.05, 3.63) is 92.4 Å². The van der Waals surface area contributed by atoms with Crippen molar-refractivity contribution in [2.24, 2.45) is 0 Å². The van der Waals surface area contributed by atoms with E-state index in [2.05, 4.69) is 17.0 Å². The van der Waals surface area contributed by atoms with Crippen molar-refractivity contribution in [3.8, 4) is 0 Å². The molecule has 33 heavy (non-hydrogen) atoms. The maximum absolute atomic E-state index is 13.2. The zero-order valence-corrected chi connectivity index (χ0v) is 18.6. The Morgan fingerprint density at radius 1 is 1.06 bits per heavy atom. The van der Waals surface area contributed by atoms with Crippen molar-refractivity contribution in [2.75, 3.05) is 20.2 Å². The van der Waals surface area contributed by atoms with Crippen LogP contribution in [0.15, 0.2) is 65.6 Å². The number of hydrogen-bond donors (Lipinski definition) is 0. The fourth-order valence-corrected chi connectivity index (χ4v) is 5.16. The molecule has 0 bridgehead atoms. The van der Waals surface area contributed by atoms with Crippen molar-refractivity contribution in [1.29, 1.82) is 0 Å². The number of nitro benzene ring substituents is 1. The van der Waals surface area contributed by atoms with Gasteiger partial charge in [0.1, 0.15) is 11.3 Å². The molecule has 5 rings (SSSR count). The summed E-state index contributed by atoms with van der Waals surface area (Å²) in [5.74, 6) is 0.547. The van der Waals surface area contributed by atoms with Crippen LogP contribution in [0.3, 0.4) is 0 Å². The molecule has 2 heterocycles. The van der Waals surface area contributed by atoms with E-state index in [-0.39, 0.29) is 11.6 Å². The molecular weight excluding hydrogens is 420 g/mol. The number of rotatable bonds is 4. The van der Waals surface area contributed by atoms with Crippen LogP contribution in [0, 0.1) is 10.1 Å². The largest absolute Gasteiger partial charge is 0.465 e. The highest BCUT2D eigenvalue weighted by Gasteiger charge is 2.41. The van der Waals surface area contributed by atoms with E-state index in [1.807, 2.05) is 12.1 Å². The molecule has 0 N–H and O–H groups in total. The van der Waals surface area contributed by atoms with Crippen molar-refractivity contribution in [1.82, 2.24) is 4.90 Å². The molecule has 0 spiro atoms. The molecule has 1 atom stereocenters. The number of non-ortho nitro benzene ring substituents is 1. The molecule has 0 amide bonds. The van der Waals surface area contributed by atoms with Gasteiger partial charge in [0.05, 0.1) is 12.0 Å². The standard InChI is InChI=1S/C26H26N2O5/c1-32-26(29)23-22(18-9-12-19(13-10-18)28(30)31)21-14-11-17-7-3-4-8-20(17)24(21)33-25(23)27-15-5-2-6-16-27/h3-4,7-10,12-13,22H,2,5-6,11,14-16H2,1H3. The zero-order chi connectivity index (χ0) is 22.9. The number of fused-ring (bicyclic) bond motifs is 2. The second-order valence-electron chi connectivity index (χ2n) is 8.65. The molecule has 0 aromatic heterocycles. The summed E-state index contributed by atoms with van der Waals surface area (Å²) >= 11 is 0.